The van der Waals surface area contributed by atoms with Crippen LogP contribution in [-0.4, -0.2) is 28.0 Å². The van der Waals surface area contributed by atoms with Gasteiger partial charge in [-0.15, -0.1) is 0 Å². The Hall–Kier alpha value is -2.08. The van der Waals surface area contributed by atoms with Crippen LogP contribution < -0.4 is 15.7 Å². The van der Waals surface area contributed by atoms with E-state index in [1.807, 2.05) is 24.3 Å². The minimum absolute atomic E-state index is 0.0197. The molecule has 0 aliphatic rings. The lowest BCUT2D eigenvalue weighted by Crippen LogP contribution is -2.32. The van der Waals surface area contributed by atoms with E-state index in [1.165, 1.54) is 15.6 Å². The third-order valence-electron chi connectivity index (χ3n) is 3.40. The molecule has 0 amide bonds. The Labute approximate surface area is 124 Å². The van der Waals surface area contributed by atoms with Crippen LogP contribution in [0.15, 0.2) is 35.4 Å². The lowest BCUT2D eigenvalue weighted by Gasteiger charge is -2.20. The highest BCUT2D eigenvalue weighted by Gasteiger charge is 2.17. The third kappa shape index (κ3) is 3.52. The van der Waals surface area contributed by atoms with Gasteiger partial charge < -0.3 is 10.1 Å². The van der Waals surface area contributed by atoms with Gasteiger partial charge >= 0.3 is 5.69 Å². The summed E-state index contributed by atoms with van der Waals surface area (Å²) in [4.78, 5) is 12.0. The number of para-hydroxylation sites is 1. The molecule has 6 nitrogen and oxygen atoms in total. The van der Waals surface area contributed by atoms with E-state index in [2.05, 4.69) is 17.3 Å². The molecule has 0 saturated carbocycles. The summed E-state index contributed by atoms with van der Waals surface area (Å²) in [5.74, 6) is 0.815. The fraction of sp³-hybridized carbons (Fsp3) is 0.467. The standard InChI is InChI=1S/C15H22N4O2/c1-4-9-16-13(10-19-15(20)18(2)11-17-19)12-7-5-6-8-14(12)21-3/h5-8,11,13,16H,4,9-10H2,1-3H3. The van der Waals surface area contributed by atoms with Crippen molar-refractivity contribution in [3.63, 3.8) is 0 Å². The van der Waals surface area contributed by atoms with Gasteiger partial charge in [0, 0.05) is 12.6 Å². The minimum atomic E-state index is -0.117. The Kier molecular flexibility index (Phi) is 5.16. The molecule has 1 N–H and O–H groups in total. The van der Waals surface area contributed by atoms with Crippen molar-refractivity contribution < 1.29 is 4.74 Å². The number of hydrogen-bond acceptors (Lipinski definition) is 4. The van der Waals surface area contributed by atoms with E-state index in [9.17, 15) is 4.79 Å². The van der Waals surface area contributed by atoms with Crippen LogP contribution in [0.4, 0.5) is 0 Å². The van der Waals surface area contributed by atoms with Gasteiger partial charge in [-0.3, -0.25) is 4.57 Å². The molecule has 0 saturated heterocycles. The van der Waals surface area contributed by atoms with Crippen molar-refractivity contribution in [2.75, 3.05) is 13.7 Å². The van der Waals surface area contributed by atoms with Crippen molar-refractivity contribution in [1.29, 1.82) is 0 Å². The van der Waals surface area contributed by atoms with Gasteiger partial charge in [0.25, 0.3) is 0 Å². The van der Waals surface area contributed by atoms with Crippen LogP contribution in [0.1, 0.15) is 24.9 Å². The van der Waals surface area contributed by atoms with Gasteiger partial charge in [0.1, 0.15) is 12.1 Å². The number of aromatic nitrogens is 3. The quantitative estimate of drug-likeness (QED) is 0.836. The van der Waals surface area contributed by atoms with E-state index in [0.29, 0.717) is 6.54 Å². The van der Waals surface area contributed by atoms with Gasteiger partial charge in [-0.05, 0) is 19.0 Å². The number of benzene rings is 1. The summed E-state index contributed by atoms with van der Waals surface area (Å²) < 4.78 is 8.37. The van der Waals surface area contributed by atoms with Crippen LogP contribution in [0.3, 0.4) is 0 Å². The van der Waals surface area contributed by atoms with Gasteiger partial charge in [-0.1, -0.05) is 25.1 Å². The summed E-state index contributed by atoms with van der Waals surface area (Å²) in [5.41, 5.74) is 0.916. The van der Waals surface area contributed by atoms with E-state index < -0.39 is 0 Å². The number of hydrogen-bond donors (Lipinski definition) is 1. The van der Waals surface area contributed by atoms with Crippen LogP contribution in [0, 0.1) is 0 Å². The number of nitrogens with one attached hydrogen (secondary N) is 1. The molecule has 0 bridgehead atoms. The van der Waals surface area contributed by atoms with E-state index in [0.717, 1.165) is 24.3 Å². The summed E-state index contributed by atoms with van der Waals surface area (Å²) in [7, 11) is 3.35. The molecule has 21 heavy (non-hydrogen) atoms. The number of nitrogens with zero attached hydrogens (tertiary/aromatic N) is 3. The highest BCUT2D eigenvalue weighted by Crippen LogP contribution is 2.25. The highest BCUT2D eigenvalue weighted by molar-refractivity contribution is 5.35. The fourth-order valence-corrected chi connectivity index (χ4v) is 2.26. The zero-order valence-corrected chi connectivity index (χ0v) is 12.7. The van der Waals surface area contributed by atoms with Crippen LogP contribution in [0.5, 0.6) is 5.75 Å². The van der Waals surface area contributed by atoms with Gasteiger partial charge in [0.15, 0.2) is 0 Å². The molecule has 6 heteroatoms. The second-order valence-electron chi connectivity index (χ2n) is 4.96. The average Bonchev–Trinajstić information content (AvgIpc) is 2.83. The SMILES string of the molecule is CCCNC(Cn1ncn(C)c1=O)c1ccccc1OC. The molecule has 1 unspecified atom stereocenters. The number of rotatable bonds is 7. The molecular formula is C15H22N4O2. The molecule has 2 aromatic rings. The van der Waals surface area contributed by atoms with Gasteiger partial charge in [-0.25, -0.2) is 9.48 Å². The summed E-state index contributed by atoms with van der Waals surface area (Å²) in [6.45, 7) is 3.45. The number of aryl methyl sites for hydroxylation is 1. The molecule has 1 heterocycles. The molecular weight excluding hydrogens is 268 g/mol. The molecule has 0 aliphatic carbocycles. The molecule has 1 aromatic carbocycles. The maximum absolute atomic E-state index is 12.0. The molecule has 114 valence electrons. The highest BCUT2D eigenvalue weighted by atomic mass is 16.5. The van der Waals surface area contributed by atoms with Crippen molar-refractivity contribution in [1.82, 2.24) is 19.7 Å². The molecule has 0 spiro atoms. The van der Waals surface area contributed by atoms with Crippen molar-refractivity contribution in [3.8, 4) is 5.75 Å². The maximum Gasteiger partial charge on any atom is 0.345 e. The first-order chi connectivity index (χ1) is 10.2. The third-order valence-corrected chi connectivity index (χ3v) is 3.40. The van der Waals surface area contributed by atoms with Crippen molar-refractivity contribution in [2.45, 2.75) is 25.9 Å². The summed E-state index contributed by atoms with van der Waals surface area (Å²) >= 11 is 0. The minimum Gasteiger partial charge on any atom is -0.496 e. The lowest BCUT2D eigenvalue weighted by atomic mass is 10.1. The first-order valence-corrected chi connectivity index (χ1v) is 7.12. The van der Waals surface area contributed by atoms with Crippen LogP contribution in [0.25, 0.3) is 0 Å². The Balaban J connectivity index is 2.29. The summed E-state index contributed by atoms with van der Waals surface area (Å²) in [5, 5.41) is 7.59. The predicted octanol–water partition coefficient (Wildman–Crippen LogP) is 1.33. The van der Waals surface area contributed by atoms with Crippen LogP contribution >= 0.6 is 0 Å². The van der Waals surface area contributed by atoms with E-state index in [1.54, 1.807) is 14.2 Å². The van der Waals surface area contributed by atoms with Crippen LogP contribution in [0.2, 0.25) is 0 Å². The van der Waals surface area contributed by atoms with E-state index in [4.69, 9.17) is 4.74 Å². The summed E-state index contributed by atoms with van der Waals surface area (Å²) in [6.07, 6.45) is 2.55. The Morgan fingerprint density at radius 1 is 1.38 bits per heavy atom. The lowest BCUT2D eigenvalue weighted by molar-refractivity contribution is 0.380. The zero-order chi connectivity index (χ0) is 15.2. The second-order valence-corrected chi connectivity index (χ2v) is 4.96. The van der Waals surface area contributed by atoms with E-state index in [-0.39, 0.29) is 11.7 Å². The second kappa shape index (κ2) is 7.08. The molecule has 0 radical (unpaired) electrons. The fourth-order valence-electron chi connectivity index (χ4n) is 2.26. The van der Waals surface area contributed by atoms with Gasteiger partial charge in [0.05, 0.1) is 19.7 Å². The normalized spacial score (nSPS) is 12.3. The Morgan fingerprint density at radius 2 is 2.14 bits per heavy atom. The largest absolute Gasteiger partial charge is 0.496 e. The van der Waals surface area contributed by atoms with Gasteiger partial charge in [-0.2, -0.15) is 5.10 Å². The van der Waals surface area contributed by atoms with E-state index >= 15 is 0 Å². The zero-order valence-electron chi connectivity index (χ0n) is 12.7. The Bertz CT molecular complexity index is 633. The molecule has 2 rings (SSSR count). The smallest absolute Gasteiger partial charge is 0.345 e. The van der Waals surface area contributed by atoms with Crippen molar-refractivity contribution in [3.05, 3.63) is 46.6 Å². The van der Waals surface area contributed by atoms with Crippen LogP contribution in [-0.2, 0) is 13.6 Å². The molecule has 1 atom stereocenters. The molecule has 0 fully saturated rings. The average molecular weight is 290 g/mol. The Morgan fingerprint density at radius 3 is 2.76 bits per heavy atom. The van der Waals surface area contributed by atoms with Crippen molar-refractivity contribution in [2.24, 2.45) is 7.05 Å². The summed E-state index contributed by atoms with van der Waals surface area (Å²) in [6, 6.07) is 7.83. The first kappa shape index (κ1) is 15.3. The monoisotopic (exact) mass is 290 g/mol. The number of ether oxygens (including phenoxy) is 1. The number of methoxy groups -OCH3 is 1. The maximum atomic E-state index is 12.0. The molecule has 1 aromatic heterocycles. The van der Waals surface area contributed by atoms with Crippen molar-refractivity contribution >= 4 is 0 Å². The molecule has 0 aliphatic heterocycles. The predicted molar refractivity (Wildman–Crippen MR) is 81.5 cm³/mol. The topological polar surface area (TPSA) is 61.1 Å². The first-order valence-electron chi connectivity index (χ1n) is 7.12. The van der Waals surface area contributed by atoms with Gasteiger partial charge in [0.2, 0.25) is 0 Å².